The summed E-state index contributed by atoms with van der Waals surface area (Å²) in [4.78, 5) is 16.2. The number of aromatic amines is 1. The lowest BCUT2D eigenvalue weighted by Gasteiger charge is -2.06. The molecular formula is C19H15BrClN3O4S. The van der Waals surface area contributed by atoms with Crippen molar-refractivity contribution >= 4 is 51.3 Å². The van der Waals surface area contributed by atoms with E-state index in [0.717, 1.165) is 16.2 Å². The fraction of sp³-hybridized carbons (Fsp3) is 0.105. The van der Waals surface area contributed by atoms with Gasteiger partial charge in [-0.15, -0.1) is 5.10 Å². The molecule has 150 valence electrons. The summed E-state index contributed by atoms with van der Waals surface area (Å²) >= 11 is 10.4. The van der Waals surface area contributed by atoms with Gasteiger partial charge in [-0.05, 0) is 54.2 Å². The Morgan fingerprint density at radius 2 is 1.93 bits per heavy atom. The number of carboxylic acids is 1. The molecule has 7 nitrogen and oxygen atoms in total. The quantitative estimate of drug-likeness (QED) is 0.346. The number of carbonyl (C=O) groups is 1. The number of nitrogens with zero attached hydrogens (tertiary/aromatic N) is 2. The van der Waals surface area contributed by atoms with Crippen LogP contribution in [0.5, 0.6) is 11.5 Å². The average Bonchev–Trinajstić information content (AvgIpc) is 3.16. The molecule has 0 atom stereocenters. The highest BCUT2D eigenvalue weighted by atomic mass is 79.9. The second-order valence-corrected chi connectivity index (χ2v) is 7.97. The number of nitrogens with one attached hydrogen (secondary N) is 1. The summed E-state index contributed by atoms with van der Waals surface area (Å²) < 4.78 is 11.4. The molecule has 10 heteroatoms. The molecule has 2 N–H and O–H groups in total. The highest BCUT2D eigenvalue weighted by Crippen LogP contribution is 2.34. The van der Waals surface area contributed by atoms with Crippen LogP contribution < -0.4 is 9.47 Å². The van der Waals surface area contributed by atoms with Crippen molar-refractivity contribution in [2.24, 2.45) is 0 Å². The van der Waals surface area contributed by atoms with E-state index < -0.39 is 5.97 Å². The normalized spacial score (nSPS) is 11.4. The van der Waals surface area contributed by atoms with Gasteiger partial charge in [-0.1, -0.05) is 27.5 Å². The molecule has 0 amide bonds. The number of halogens is 2. The van der Waals surface area contributed by atoms with E-state index >= 15 is 0 Å². The highest BCUT2D eigenvalue weighted by Gasteiger charge is 2.17. The third-order valence-corrected chi connectivity index (χ3v) is 5.38. The SMILES string of the molecule is COc1ccc(Br)cc1/C=C(\Sc1n[nH]c(-c2cc(Cl)ccc2OC)n1)C(=O)O. The van der Waals surface area contributed by atoms with Crippen molar-refractivity contribution in [2.45, 2.75) is 5.16 Å². The number of aromatic nitrogens is 3. The van der Waals surface area contributed by atoms with Gasteiger partial charge in [-0.25, -0.2) is 9.78 Å². The van der Waals surface area contributed by atoms with Crippen molar-refractivity contribution in [3.63, 3.8) is 0 Å². The Balaban J connectivity index is 1.93. The highest BCUT2D eigenvalue weighted by molar-refractivity contribution is 9.10. The van der Waals surface area contributed by atoms with Gasteiger partial charge in [0.05, 0.1) is 19.8 Å². The summed E-state index contributed by atoms with van der Waals surface area (Å²) in [7, 11) is 3.06. The lowest BCUT2D eigenvalue weighted by molar-refractivity contribution is -0.131. The summed E-state index contributed by atoms with van der Waals surface area (Å²) in [6, 6.07) is 10.4. The van der Waals surface area contributed by atoms with Crippen LogP contribution in [-0.2, 0) is 4.79 Å². The number of hydrogen-bond donors (Lipinski definition) is 2. The second-order valence-electron chi connectivity index (χ2n) is 5.61. The molecule has 0 saturated carbocycles. The van der Waals surface area contributed by atoms with Crippen molar-refractivity contribution in [3.8, 4) is 22.9 Å². The third kappa shape index (κ3) is 5.11. The first-order valence-electron chi connectivity index (χ1n) is 8.14. The van der Waals surface area contributed by atoms with Gasteiger partial charge in [0, 0.05) is 15.1 Å². The Morgan fingerprint density at radius 1 is 1.21 bits per heavy atom. The van der Waals surface area contributed by atoms with Crippen LogP contribution in [0.1, 0.15) is 5.56 Å². The molecule has 0 spiro atoms. The van der Waals surface area contributed by atoms with Crippen LogP contribution in [0.2, 0.25) is 5.02 Å². The van der Waals surface area contributed by atoms with Crippen LogP contribution in [0.4, 0.5) is 0 Å². The number of ether oxygens (including phenoxy) is 2. The molecule has 3 rings (SSSR count). The van der Waals surface area contributed by atoms with Crippen molar-refractivity contribution in [2.75, 3.05) is 14.2 Å². The first-order valence-corrected chi connectivity index (χ1v) is 10.1. The van der Waals surface area contributed by atoms with Gasteiger partial charge in [0.1, 0.15) is 16.4 Å². The maximum absolute atomic E-state index is 11.8. The molecular weight excluding hydrogens is 482 g/mol. The first-order chi connectivity index (χ1) is 13.9. The molecule has 0 fully saturated rings. The molecule has 0 radical (unpaired) electrons. The molecule has 1 heterocycles. The molecule has 2 aromatic carbocycles. The Morgan fingerprint density at radius 3 is 2.62 bits per heavy atom. The number of H-pyrrole nitrogens is 1. The molecule has 3 aromatic rings. The zero-order chi connectivity index (χ0) is 21.0. The van der Waals surface area contributed by atoms with Crippen molar-refractivity contribution in [1.82, 2.24) is 15.2 Å². The third-order valence-electron chi connectivity index (χ3n) is 3.77. The largest absolute Gasteiger partial charge is 0.496 e. The van der Waals surface area contributed by atoms with Crippen molar-refractivity contribution in [3.05, 3.63) is 56.4 Å². The average molecular weight is 497 g/mol. The molecule has 0 saturated heterocycles. The van der Waals surface area contributed by atoms with Gasteiger partial charge in [0.25, 0.3) is 0 Å². The lowest BCUT2D eigenvalue weighted by atomic mass is 10.2. The fourth-order valence-corrected chi connectivity index (χ4v) is 3.72. The Kier molecular flexibility index (Phi) is 6.83. The standard InChI is InChI=1S/C19H15BrClN3O4S/c1-27-14-5-3-11(20)7-10(14)8-16(18(25)26)29-19-22-17(23-24-19)13-9-12(21)4-6-15(13)28-2/h3-9H,1-2H3,(H,25,26)(H,22,23,24)/b16-8-. The van der Waals surface area contributed by atoms with Crippen LogP contribution >= 0.6 is 39.3 Å². The topological polar surface area (TPSA) is 97.3 Å². The number of aliphatic carboxylic acids is 1. The van der Waals surface area contributed by atoms with Crippen molar-refractivity contribution in [1.29, 1.82) is 0 Å². The molecule has 0 bridgehead atoms. The maximum atomic E-state index is 11.8. The smallest absolute Gasteiger partial charge is 0.342 e. The van der Waals surface area contributed by atoms with Crippen LogP contribution in [0.15, 0.2) is 50.9 Å². The van der Waals surface area contributed by atoms with Crippen LogP contribution in [0, 0.1) is 0 Å². The number of thioether (sulfide) groups is 1. The van der Waals surface area contributed by atoms with Crippen molar-refractivity contribution < 1.29 is 19.4 Å². The van der Waals surface area contributed by atoms with E-state index in [1.165, 1.54) is 20.3 Å². The number of carboxylic acid groups (broad SMARTS) is 1. The lowest BCUT2D eigenvalue weighted by Crippen LogP contribution is -1.98. The summed E-state index contributed by atoms with van der Waals surface area (Å²) in [6.45, 7) is 0. The monoisotopic (exact) mass is 495 g/mol. The number of benzene rings is 2. The number of methoxy groups -OCH3 is 2. The molecule has 1 aromatic heterocycles. The summed E-state index contributed by atoms with van der Waals surface area (Å²) in [5, 5.41) is 17.3. The Labute approximate surface area is 184 Å². The van der Waals surface area contributed by atoms with Crippen LogP contribution in [-0.4, -0.2) is 40.5 Å². The van der Waals surface area contributed by atoms with E-state index in [0.29, 0.717) is 33.5 Å². The van der Waals surface area contributed by atoms with Crippen LogP contribution in [0.25, 0.3) is 17.5 Å². The van der Waals surface area contributed by atoms with E-state index in [4.69, 9.17) is 21.1 Å². The summed E-state index contributed by atoms with van der Waals surface area (Å²) in [5.74, 6) is 0.419. The summed E-state index contributed by atoms with van der Waals surface area (Å²) in [5.41, 5.74) is 1.23. The fourth-order valence-electron chi connectivity index (χ4n) is 2.47. The van der Waals surface area contributed by atoms with Gasteiger partial charge in [0.15, 0.2) is 5.82 Å². The first kappa shape index (κ1) is 21.2. The van der Waals surface area contributed by atoms with E-state index in [-0.39, 0.29) is 10.1 Å². The Hall–Kier alpha value is -2.49. The Bertz CT molecular complexity index is 1090. The minimum Gasteiger partial charge on any atom is -0.496 e. The predicted octanol–water partition coefficient (Wildman–Crippen LogP) is 5.12. The predicted molar refractivity (Wildman–Crippen MR) is 116 cm³/mol. The second kappa shape index (κ2) is 9.34. The zero-order valence-electron chi connectivity index (χ0n) is 15.3. The molecule has 0 aliphatic carbocycles. The summed E-state index contributed by atoms with van der Waals surface area (Å²) in [6.07, 6.45) is 1.51. The van der Waals surface area contributed by atoms with Gasteiger partial charge in [-0.3, -0.25) is 5.10 Å². The van der Waals surface area contributed by atoms with E-state index in [1.807, 2.05) is 6.07 Å². The minimum atomic E-state index is -1.11. The zero-order valence-corrected chi connectivity index (χ0v) is 18.4. The van der Waals surface area contributed by atoms with Gasteiger partial charge in [-0.2, -0.15) is 0 Å². The molecule has 0 aliphatic heterocycles. The van der Waals surface area contributed by atoms with E-state index in [9.17, 15) is 9.90 Å². The molecule has 0 unspecified atom stereocenters. The van der Waals surface area contributed by atoms with E-state index in [2.05, 4.69) is 31.1 Å². The number of rotatable bonds is 7. The van der Waals surface area contributed by atoms with E-state index in [1.54, 1.807) is 30.3 Å². The number of hydrogen-bond acceptors (Lipinski definition) is 6. The van der Waals surface area contributed by atoms with Gasteiger partial charge >= 0.3 is 5.97 Å². The van der Waals surface area contributed by atoms with Gasteiger partial charge < -0.3 is 14.6 Å². The minimum absolute atomic E-state index is 0.0324. The maximum Gasteiger partial charge on any atom is 0.342 e. The molecule has 29 heavy (non-hydrogen) atoms. The van der Waals surface area contributed by atoms with Gasteiger partial charge in [0.2, 0.25) is 5.16 Å². The molecule has 0 aliphatic rings. The van der Waals surface area contributed by atoms with Crippen LogP contribution in [0.3, 0.4) is 0 Å².